The monoisotopic (exact) mass is 393 g/mol. The fraction of sp³-hybridized carbons (Fsp3) is 0.435. The van der Waals surface area contributed by atoms with Crippen molar-refractivity contribution in [3.63, 3.8) is 0 Å². The van der Waals surface area contributed by atoms with Gasteiger partial charge >= 0.3 is 5.97 Å². The van der Waals surface area contributed by atoms with E-state index in [0.29, 0.717) is 18.4 Å². The minimum atomic E-state index is -1.07. The number of pyridine rings is 1. The number of esters is 1. The first-order chi connectivity index (χ1) is 14.1. The van der Waals surface area contributed by atoms with Gasteiger partial charge in [0.05, 0.1) is 24.1 Å². The molecule has 0 radical (unpaired) electrons. The summed E-state index contributed by atoms with van der Waals surface area (Å²) in [4.78, 5) is 32.7. The van der Waals surface area contributed by atoms with Crippen LogP contribution < -0.4 is 10.2 Å². The molecule has 1 fully saturated rings. The molecule has 0 spiro atoms. The van der Waals surface area contributed by atoms with Crippen molar-refractivity contribution in [3.8, 4) is 0 Å². The molecular formula is C23H27N3O3. The lowest BCUT2D eigenvalue weighted by molar-refractivity contribution is -0.150. The summed E-state index contributed by atoms with van der Waals surface area (Å²) in [5.74, 6) is -0.632. The van der Waals surface area contributed by atoms with Gasteiger partial charge in [-0.1, -0.05) is 24.3 Å². The Hall–Kier alpha value is -2.89. The largest absolute Gasteiger partial charge is 0.464 e. The van der Waals surface area contributed by atoms with Gasteiger partial charge in [-0.05, 0) is 43.4 Å². The van der Waals surface area contributed by atoms with Crippen LogP contribution in [0.1, 0.15) is 47.7 Å². The summed E-state index contributed by atoms with van der Waals surface area (Å²) in [7, 11) is 0. The van der Waals surface area contributed by atoms with Crippen molar-refractivity contribution < 1.29 is 14.3 Å². The Kier molecular flexibility index (Phi) is 5.51. The van der Waals surface area contributed by atoms with E-state index in [0.717, 1.165) is 42.7 Å². The van der Waals surface area contributed by atoms with E-state index in [1.807, 2.05) is 24.3 Å². The summed E-state index contributed by atoms with van der Waals surface area (Å²) in [5.41, 5.74) is 2.47. The molecule has 1 amide bonds. The lowest BCUT2D eigenvalue weighted by Gasteiger charge is -2.31. The standard InChI is InChI=1S/C23H27N3O3/c1-2-29-22(28)23(14-17-8-4-5-9-18(17)15-23)25-21(27)19-10-11-24-16-20(19)26-12-6-3-7-13-26/h4-5,8-11,16H,2-3,6-7,12-15H2,1H3,(H,25,27). The molecule has 1 aromatic carbocycles. The van der Waals surface area contributed by atoms with E-state index < -0.39 is 5.54 Å². The number of hydrogen-bond donors (Lipinski definition) is 1. The molecule has 6 nitrogen and oxygen atoms in total. The molecule has 152 valence electrons. The summed E-state index contributed by atoms with van der Waals surface area (Å²) >= 11 is 0. The van der Waals surface area contributed by atoms with Gasteiger partial charge in [-0.3, -0.25) is 9.78 Å². The number of anilines is 1. The van der Waals surface area contributed by atoms with Crippen molar-refractivity contribution in [2.45, 2.75) is 44.6 Å². The summed E-state index contributed by atoms with van der Waals surface area (Å²) in [6.45, 7) is 3.90. The molecule has 4 rings (SSSR count). The van der Waals surface area contributed by atoms with Crippen LogP contribution in [0.3, 0.4) is 0 Å². The van der Waals surface area contributed by atoms with E-state index in [-0.39, 0.29) is 18.5 Å². The number of nitrogens with one attached hydrogen (secondary N) is 1. The molecule has 0 saturated carbocycles. The lowest BCUT2D eigenvalue weighted by atomic mass is 9.94. The number of piperidine rings is 1. The van der Waals surface area contributed by atoms with Gasteiger partial charge in [0.25, 0.3) is 5.91 Å². The highest BCUT2D eigenvalue weighted by Gasteiger charge is 2.46. The van der Waals surface area contributed by atoms with Crippen LogP contribution in [-0.4, -0.2) is 42.1 Å². The van der Waals surface area contributed by atoms with Crippen molar-refractivity contribution in [2.24, 2.45) is 0 Å². The third-order valence-corrected chi connectivity index (χ3v) is 5.86. The maximum Gasteiger partial charge on any atom is 0.332 e. The molecule has 1 saturated heterocycles. The highest BCUT2D eigenvalue weighted by atomic mass is 16.5. The first-order valence-electron chi connectivity index (χ1n) is 10.4. The van der Waals surface area contributed by atoms with Gasteiger partial charge < -0.3 is 15.0 Å². The Morgan fingerprint density at radius 1 is 1.10 bits per heavy atom. The van der Waals surface area contributed by atoms with Crippen LogP contribution in [0.25, 0.3) is 0 Å². The van der Waals surface area contributed by atoms with E-state index in [2.05, 4.69) is 15.2 Å². The Morgan fingerprint density at radius 2 is 1.79 bits per heavy atom. The molecule has 29 heavy (non-hydrogen) atoms. The fourth-order valence-electron chi connectivity index (χ4n) is 4.42. The molecule has 1 aliphatic carbocycles. The number of nitrogens with zero attached hydrogens (tertiary/aromatic N) is 2. The van der Waals surface area contributed by atoms with Crippen LogP contribution in [0.4, 0.5) is 5.69 Å². The molecule has 1 N–H and O–H groups in total. The van der Waals surface area contributed by atoms with Crippen LogP contribution in [0.5, 0.6) is 0 Å². The predicted octanol–water partition coefficient (Wildman–Crippen LogP) is 2.90. The van der Waals surface area contributed by atoms with Gasteiger partial charge in [-0.25, -0.2) is 4.79 Å². The first kappa shape index (κ1) is 19.4. The van der Waals surface area contributed by atoms with Gasteiger partial charge in [-0.2, -0.15) is 0 Å². The number of benzene rings is 1. The highest BCUT2D eigenvalue weighted by Crippen LogP contribution is 2.32. The maximum absolute atomic E-state index is 13.4. The van der Waals surface area contributed by atoms with Crippen LogP contribution in [0, 0.1) is 0 Å². The Labute approximate surface area is 171 Å². The molecule has 2 aromatic rings. The summed E-state index contributed by atoms with van der Waals surface area (Å²) in [6, 6.07) is 9.67. The molecule has 0 bridgehead atoms. The van der Waals surface area contributed by atoms with Gasteiger partial charge in [0.15, 0.2) is 0 Å². The zero-order valence-electron chi connectivity index (χ0n) is 16.8. The normalized spacial score (nSPS) is 17.5. The SMILES string of the molecule is CCOC(=O)C1(NC(=O)c2ccncc2N2CCCCC2)Cc2ccccc2C1. The summed E-state index contributed by atoms with van der Waals surface area (Å²) in [5, 5.41) is 3.05. The number of carbonyl (C=O) groups is 2. The van der Waals surface area contributed by atoms with Gasteiger partial charge in [0.1, 0.15) is 5.54 Å². The van der Waals surface area contributed by atoms with Gasteiger partial charge in [0.2, 0.25) is 0 Å². The van der Waals surface area contributed by atoms with Crippen molar-refractivity contribution in [2.75, 3.05) is 24.6 Å². The molecule has 1 aromatic heterocycles. The maximum atomic E-state index is 13.4. The molecule has 0 atom stereocenters. The number of amides is 1. The van der Waals surface area contributed by atoms with Crippen molar-refractivity contribution in [1.29, 1.82) is 0 Å². The smallest absolute Gasteiger partial charge is 0.332 e. The molecule has 6 heteroatoms. The Balaban J connectivity index is 1.62. The van der Waals surface area contributed by atoms with Crippen molar-refractivity contribution in [3.05, 3.63) is 59.4 Å². The van der Waals surface area contributed by atoms with Crippen molar-refractivity contribution >= 4 is 17.6 Å². The summed E-state index contributed by atoms with van der Waals surface area (Å²) < 4.78 is 5.37. The average molecular weight is 393 g/mol. The third kappa shape index (κ3) is 3.84. The van der Waals surface area contributed by atoms with E-state index >= 15 is 0 Å². The number of rotatable bonds is 5. The second-order valence-corrected chi connectivity index (χ2v) is 7.82. The van der Waals surface area contributed by atoms with Gasteiger partial charge in [0, 0.05) is 32.1 Å². The minimum Gasteiger partial charge on any atom is -0.464 e. The zero-order valence-corrected chi connectivity index (χ0v) is 16.8. The topological polar surface area (TPSA) is 71.5 Å². The van der Waals surface area contributed by atoms with E-state index in [1.54, 1.807) is 25.4 Å². The van der Waals surface area contributed by atoms with E-state index in [9.17, 15) is 9.59 Å². The van der Waals surface area contributed by atoms with Crippen LogP contribution in [0.2, 0.25) is 0 Å². The van der Waals surface area contributed by atoms with E-state index in [4.69, 9.17) is 4.74 Å². The van der Waals surface area contributed by atoms with Crippen LogP contribution >= 0.6 is 0 Å². The molecule has 2 aliphatic rings. The number of aromatic nitrogens is 1. The first-order valence-corrected chi connectivity index (χ1v) is 10.4. The molecule has 2 heterocycles. The highest BCUT2D eigenvalue weighted by molar-refractivity contribution is 6.02. The minimum absolute atomic E-state index is 0.256. The van der Waals surface area contributed by atoms with Gasteiger partial charge in [-0.15, -0.1) is 0 Å². The van der Waals surface area contributed by atoms with Crippen LogP contribution in [-0.2, 0) is 22.4 Å². The number of ether oxygens (including phenoxy) is 1. The molecule has 1 aliphatic heterocycles. The number of carbonyl (C=O) groups excluding carboxylic acids is 2. The molecule has 0 unspecified atom stereocenters. The predicted molar refractivity (Wildman–Crippen MR) is 111 cm³/mol. The summed E-state index contributed by atoms with van der Waals surface area (Å²) in [6.07, 6.45) is 7.69. The quantitative estimate of drug-likeness (QED) is 0.791. The fourth-order valence-corrected chi connectivity index (χ4v) is 4.42. The van der Waals surface area contributed by atoms with Crippen LogP contribution in [0.15, 0.2) is 42.7 Å². The lowest BCUT2D eigenvalue weighted by Crippen LogP contribution is -2.56. The molecular weight excluding hydrogens is 366 g/mol. The average Bonchev–Trinajstić information content (AvgIpc) is 3.14. The number of hydrogen-bond acceptors (Lipinski definition) is 5. The Morgan fingerprint density at radius 3 is 2.45 bits per heavy atom. The second kappa shape index (κ2) is 8.23. The zero-order chi connectivity index (χ0) is 20.3. The second-order valence-electron chi connectivity index (χ2n) is 7.82. The Bertz CT molecular complexity index is 881. The van der Waals surface area contributed by atoms with Crippen molar-refractivity contribution in [1.82, 2.24) is 10.3 Å². The van der Waals surface area contributed by atoms with E-state index in [1.165, 1.54) is 6.42 Å². The number of fused-ring (bicyclic) bond motifs is 1. The third-order valence-electron chi connectivity index (χ3n) is 5.86.